The van der Waals surface area contributed by atoms with Crippen LogP contribution in [0, 0.1) is 0 Å². The summed E-state index contributed by atoms with van der Waals surface area (Å²) in [5.41, 5.74) is 6.30. The van der Waals surface area contributed by atoms with E-state index in [9.17, 15) is 4.79 Å². The zero-order valence-corrected chi connectivity index (χ0v) is 12.8. The maximum Gasteiger partial charge on any atom is 0.241 e. The van der Waals surface area contributed by atoms with Crippen molar-refractivity contribution in [2.75, 3.05) is 6.54 Å². The fourth-order valence-corrected chi connectivity index (χ4v) is 2.84. The van der Waals surface area contributed by atoms with Gasteiger partial charge in [0.2, 0.25) is 17.6 Å². The summed E-state index contributed by atoms with van der Waals surface area (Å²) in [6, 6.07) is 6.98. The topological polar surface area (TPSA) is 85.3 Å². The normalized spacial score (nSPS) is 19.2. The molecular formula is C15H17ClN4O2. The molecular weight excluding hydrogens is 304 g/mol. The summed E-state index contributed by atoms with van der Waals surface area (Å²) in [6.07, 6.45) is 2.85. The maximum atomic E-state index is 11.5. The number of likely N-dealkylation sites (tertiary alicyclic amines) is 1. The summed E-state index contributed by atoms with van der Waals surface area (Å²) in [5.74, 6) is 0.703. The zero-order valence-electron chi connectivity index (χ0n) is 12.0. The van der Waals surface area contributed by atoms with E-state index in [1.807, 2.05) is 17.0 Å². The number of rotatable bonds is 4. The van der Waals surface area contributed by atoms with Crippen molar-refractivity contribution in [3.05, 3.63) is 35.2 Å². The highest BCUT2D eigenvalue weighted by Gasteiger charge is 2.28. The van der Waals surface area contributed by atoms with Gasteiger partial charge in [0.25, 0.3) is 0 Å². The number of carbonyl (C=O) groups is 1. The summed E-state index contributed by atoms with van der Waals surface area (Å²) in [5, 5.41) is 4.64. The van der Waals surface area contributed by atoms with Gasteiger partial charge in [-0.15, -0.1) is 0 Å². The summed E-state index contributed by atoms with van der Waals surface area (Å²) in [4.78, 5) is 17.9. The van der Waals surface area contributed by atoms with Crippen molar-refractivity contribution in [1.29, 1.82) is 0 Å². The molecule has 7 heteroatoms. The lowest BCUT2D eigenvalue weighted by Gasteiger charge is -2.32. The number of hydrogen-bond donors (Lipinski definition) is 1. The summed E-state index contributed by atoms with van der Waals surface area (Å²) >= 11 is 5.86. The molecule has 1 aromatic carbocycles. The first-order valence-electron chi connectivity index (χ1n) is 7.25. The number of amides is 1. The highest BCUT2D eigenvalue weighted by atomic mass is 35.5. The highest BCUT2D eigenvalue weighted by Crippen LogP contribution is 2.22. The number of hydrogen-bond acceptors (Lipinski definition) is 5. The summed E-state index contributed by atoms with van der Waals surface area (Å²) in [7, 11) is 0. The van der Waals surface area contributed by atoms with Crippen LogP contribution < -0.4 is 5.73 Å². The lowest BCUT2D eigenvalue weighted by molar-refractivity contribution is -0.124. The third kappa shape index (κ3) is 3.28. The monoisotopic (exact) mass is 320 g/mol. The SMILES string of the molecule is NC(=O)[C@H]1CCCCN1Cc1nc(-c2ccc(Cl)cc2)no1. The van der Waals surface area contributed by atoms with Crippen molar-refractivity contribution in [2.24, 2.45) is 5.73 Å². The second-order valence-corrected chi connectivity index (χ2v) is 5.84. The Morgan fingerprint density at radius 3 is 2.86 bits per heavy atom. The van der Waals surface area contributed by atoms with Gasteiger partial charge >= 0.3 is 0 Å². The van der Waals surface area contributed by atoms with Crippen LogP contribution in [-0.2, 0) is 11.3 Å². The predicted octanol–water partition coefficient (Wildman–Crippen LogP) is 2.23. The fraction of sp³-hybridized carbons (Fsp3) is 0.400. The fourth-order valence-electron chi connectivity index (χ4n) is 2.71. The van der Waals surface area contributed by atoms with Gasteiger partial charge in [-0.1, -0.05) is 23.2 Å². The smallest absolute Gasteiger partial charge is 0.241 e. The van der Waals surface area contributed by atoms with Crippen molar-refractivity contribution in [3.8, 4) is 11.4 Å². The van der Waals surface area contributed by atoms with Gasteiger partial charge in [0.05, 0.1) is 12.6 Å². The first kappa shape index (κ1) is 15.0. The molecule has 1 aliphatic heterocycles. The number of nitrogens with zero attached hydrogens (tertiary/aromatic N) is 3. The molecule has 0 radical (unpaired) electrons. The van der Waals surface area contributed by atoms with E-state index >= 15 is 0 Å². The molecule has 0 bridgehead atoms. The van der Waals surface area contributed by atoms with E-state index in [4.69, 9.17) is 21.9 Å². The molecule has 2 heterocycles. The number of piperidine rings is 1. The van der Waals surface area contributed by atoms with Gasteiger partial charge in [-0.3, -0.25) is 9.69 Å². The lowest BCUT2D eigenvalue weighted by atomic mass is 10.0. The van der Waals surface area contributed by atoms with Gasteiger partial charge in [0.1, 0.15) is 0 Å². The lowest BCUT2D eigenvalue weighted by Crippen LogP contribution is -2.47. The van der Waals surface area contributed by atoms with Gasteiger partial charge < -0.3 is 10.3 Å². The number of benzene rings is 1. The van der Waals surface area contributed by atoms with Gasteiger partial charge in [0.15, 0.2) is 0 Å². The Labute approximate surface area is 133 Å². The molecule has 1 atom stereocenters. The maximum absolute atomic E-state index is 11.5. The van der Waals surface area contributed by atoms with Gasteiger partial charge in [-0.05, 0) is 43.7 Å². The average molecular weight is 321 g/mol. The molecule has 0 aliphatic carbocycles. The van der Waals surface area contributed by atoms with E-state index in [2.05, 4.69) is 10.1 Å². The number of carbonyl (C=O) groups excluding carboxylic acids is 1. The minimum absolute atomic E-state index is 0.250. The number of aromatic nitrogens is 2. The average Bonchev–Trinajstić information content (AvgIpc) is 2.97. The predicted molar refractivity (Wildman–Crippen MR) is 82.0 cm³/mol. The molecule has 2 N–H and O–H groups in total. The van der Waals surface area contributed by atoms with Crippen molar-refractivity contribution < 1.29 is 9.32 Å². The van der Waals surface area contributed by atoms with Crippen molar-refractivity contribution >= 4 is 17.5 Å². The third-order valence-corrected chi connectivity index (χ3v) is 4.10. The molecule has 1 aliphatic rings. The number of primary amides is 1. The van der Waals surface area contributed by atoms with E-state index < -0.39 is 0 Å². The van der Waals surface area contributed by atoms with Crippen LogP contribution in [0.15, 0.2) is 28.8 Å². The number of halogens is 1. The minimum Gasteiger partial charge on any atom is -0.368 e. The Morgan fingerprint density at radius 1 is 1.36 bits per heavy atom. The van der Waals surface area contributed by atoms with Crippen molar-refractivity contribution in [2.45, 2.75) is 31.8 Å². The molecule has 0 spiro atoms. The van der Waals surface area contributed by atoms with Crippen LogP contribution in [0.3, 0.4) is 0 Å². The molecule has 22 heavy (non-hydrogen) atoms. The van der Waals surface area contributed by atoms with Crippen LogP contribution in [-0.4, -0.2) is 33.5 Å². The van der Waals surface area contributed by atoms with E-state index in [0.717, 1.165) is 31.4 Å². The Balaban J connectivity index is 1.73. The molecule has 1 aromatic heterocycles. The van der Waals surface area contributed by atoms with Crippen LogP contribution in [0.1, 0.15) is 25.2 Å². The molecule has 0 saturated carbocycles. The Morgan fingerprint density at radius 2 is 2.14 bits per heavy atom. The Kier molecular flexibility index (Phi) is 4.40. The molecule has 116 valence electrons. The molecule has 3 rings (SSSR count). The largest absolute Gasteiger partial charge is 0.368 e. The summed E-state index contributed by atoms with van der Waals surface area (Å²) < 4.78 is 5.29. The van der Waals surface area contributed by atoms with Gasteiger partial charge in [0, 0.05) is 10.6 Å². The zero-order chi connectivity index (χ0) is 15.5. The van der Waals surface area contributed by atoms with Crippen molar-refractivity contribution in [3.63, 3.8) is 0 Å². The van der Waals surface area contributed by atoms with E-state index in [1.54, 1.807) is 12.1 Å². The van der Waals surface area contributed by atoms with E-state index in [-0.39, 0.29) is 11.9 Å². The molecule has 1 saturated heterocycles. The van der Waals surface area contributed by atoms with E-state index in [1.165, 1.54) is 0 Å². The summed E-state index contributed by atoms with van der Waals surface area (Å²) in [6.45, 7) is 1.25. The van der Waals surface area contributed by atoms with Gasteiger partial charge in [-0.25, -0.2) is 0 Å². The standard InChI is InChI=1S/C15H17ClN4O2/c16-11-6-4-10(5-7-11)15-18-13(22-19-15)9-20-8-2-1-3-12(20)14(17)21/h4-7,12H,1-3,8-9H2,(H2,17,21)/t12-/m1/s1. The van der Waals surface area contributed by atoms with Gasteiger partial charge in [-0.2, -0.15) is 4.98 Å². The van der Waals surface area contributed by atoms with Crippen LogP contribution in [0.4, 0.5) is 0 Å². The molecule has 1 fully saturated rings. The quantitative estimate of drug-likeness (QED) is 0.933. The first-order chi connectivity index (χ1) is 10.6. The molecule has 2 aromatic rings. The Hall–Kier alpha value is -1.92. The first-order valence-corrected chi connectivity index (χ1v) is 7.63. The molecule has 6 nitrogen and oxygen atoms in total. The number of nitrogens with two attached hydrogens (primary N) is 1. The van der Waals surface area contributed by atoms with Crippen LogP contribution in [0.5, 0.6) is 0 Å². The van der Waals surface area contributed by atoms with Crippen LogP contribution in [0.2, 0.25) is 5.02 Å². The van der Waals surface area contributed by atoms with Crippen LogP contribution in [0.25, 0.3) is 11.4 Å². The molecule has 1 amide bonds. The van der Waals surface area contributed by atoms with Crippen molar-refractivity contribution in [1.82, 2.24) is 15.0 Å². The third-order valence-electron chi connectivity index (χ3n) is 3.85. The van der Waals surface area contributed by atoms with E-state index in [0.29, 0.717) is 23.3 Å². The minimum atomic E-state index is -0.294. The highest BCUT2D eigenvalue weighted by molar-refractivity contribution is 6.30. The van der Waals surface area contributed by atoms with Crippen LogP contribution >= 0.6 is 11.6 Å². The second kappa shape index (κ2) is 6.46. The molecule has 0 unspecified atom stereocenters. The second-order valence-electron chi connectivity index (χ2n) is 5.40. The Bertz CT molecular complexity index is 656.